The van der Waals surface area contributed by atoms with E-state index in [4.69, 9.17) is 14.8 Å². The van der Waals surface area contributed by atoms with Crippen LogP contribution in [0.2, 0.25) is 0 Å². The first-order chi connectivity index (χ1) is 19.0. The molecule has 0 unspecified atom stereocenters. The van der Waals surface area contributed by atoms with Crippen LogP contribution in [0, 0.1) is 0 Å². The van der Waals surface area contributed by atoms with Gasteiger partial charge in [0.25, 0.3) is 11.8 Å². The van der Waals surface area contributed by atoms with Crippen molar-refractivity contribution in [3.63, 3.8) is 0 Å². The minimum atomic E-state index is -0.434. The van der Waals surface area contributed by atoms with Crippen molar-refractivity contribution < 1.29 is 24.2 Å². The van der Waals surface area contributed by atoms with Crippen molar-refractivity contribution in [2.75, 3.05) is 59.1 Å². The van der Waals surface area contributed by atoms with Crippen LogP contribution in [0.25, 0.3) is 0 Å². The fraction of sp³-hybridized carbons (Fsp3) is 0.379. The average Bonchev–Trinajstić information content (AvgIpc) is 3.16. The maximum absolute atomic E-state index is 12.5. The van der Waals surface area contributed by atoms with E-state index in [9.17, 15) is 14.4 Å². The molecule has 1 N–H and O–H groups in total. The van der Waals surface area contributed by atoms with Crippen LogP contribution in [-0.4, -0.2) is 102 Å². The fourth-order valence-corrected chi connectivity index (χ4v) is 5.91. The molecule has 0 radical (unpaired) electrons. The number of aryl methyl sites for hydroxylation is 1. The number of amidine groups is 1. The SMILES string of the molecule is O=C(CCc1ccc2c(c1)Sc1ccccc1N=C2N1CCN(CCOCCO)CC1)CN1C(=O)C=CC1=O. The number of para-hydroxylation sites is 1. The summed E-state index contributed by atoms with van der Waals surface area (Å²) in [5.74, 6) is -0.0534. The number of fused-ring (bicyclic) bond motifs is 2. The predicted molar refractivity (Wildman–Crippen MR) is 148 cm³/mol. The van der Waals surface area contributed by atoms with Gasteiger partial charge in [0.15, 0.2) is 5.78 Å². The second-order valence-electron chi connectivity index (χ2n) is 9.64. The molecule has 5 rings (SSSR count). The molecule has 39 heavy (non-hydrogen) atoms. The Hall–Kier alpha value is -3.31. The van der Waals surface area contributed by atoms with Crippen LogP contribution >= 0.6 is 11.8 Å². The number of ketones is 1. The number of hydrogen-bond donors (Lipinski definition) is 1. The zero-order valence-electron chi connectivity index (χ0n) is 21.8. The molecule has 3 aliphatic heterocycles. The zero-order valence-corrected chi connectivity index (χ0v) is 22.6. The van der Waals surface area contributed by atoms with Gasteiger partial charge in [0.2, 0.25) is 0 Å². The topological polar surface area (TPSA) is 103 Å². The van der Waals surface area contributed by atoms with Crippen LogP contribution in [0.15, 0.2) is 69.4 Å². The van der Waals surface area contributed by atoms with Crippen molar-refractivity contribution in [3.8, 4) is 0 Å². The highest BCUT2D eigenvalue weighted by Gasteiger charge is 2.27. The molecule has 3 heterocycles. The van der Waals surface area contributed by atoms with Gasteiger partial charge >= 0.3 is 0 Å². The van der Waals surface area contributed by atoms with Gasteiger partial charge in [0, 0.05) is 66.7 Å². The lowest BCUT2D eigenvalue weighted by Crippen LogP contribution is -2.49. The van der Waals surface area contributed by atoms with E-state index in [0.29, 0.717) is 19.6 Å². The Morgan fingerprint density at radius 3 is 2.51 bits per heavy atom. The molecule has 0 aliphatic carbocycles. The third-order valence-corrected chi connectivity index (χ3v) is 8.11. The molecule has 0 bridgehead atoms. The molecule has 3 aliphatic rings. The van der Waals surface area contributed by atoms with Crippen molar-refractivity contribution in [2.24, 2.45) is 4.99 Å². The van der Waals surface area contributed by atoms with E-state index in [2.05, 4.69) is 28.0 Å². The Balaban J connectivity index is 1.28. The summed E-state index contributed by atoms with van der Waals surface area (Å²) in [5, 5.41) is 8.89. The minimum Gasteiger partial charge on any atom is -0.394 e. The summed E-state index contributed by atoms with van der Waals surface area (Å²) in [6.45, 7) is 5.20. The molecular formula is C29H32N4O5S. The standard InChI is InChI=1S/C29H32N4O5S/c34-16-18-38-17-15-31-11-13-32(14-12-31)29-23-8-6-21(5-7-22(35)20-33-27(36)9-10-28(33)37)19-26(23)39-25-4-2-1-3-24(25)30-29/h1-4,6,8-10,19,34H,5,7,11-18,20H2. The Bertz CT molecular complexity index is 1280. The van der Waals surface area contributed by atoms with Gasteiger partial charge in [-0.1, -0.05) is 30.0 Å². The van der Waals surface area contributed by atoms with Gasteiger partial charge in [-0.15, -0.1) is 0 Å². The highest BCUT2D eigenvalue weighted by atomic mass is 32.2. The number of aliphatic hydroxyl groups excluding tert-OH is 1. The molecule has 0 atom stereocenters. The van der Waals surface area contributed by atoms with E-state index < -0.39 is 11.8 Å². The summed E-state index contributed by atoms with van der Waals surface area (Å²) in [6, 6.07) is 14.4. The predicted octanol–water partition coefficient (Wildman–Crippen LogP) is 2.28. The van der Waals surface area contributed by atoms with E-state index >= 15 is 0 Å². The number of rotatable bonds is 10. The third kappa shape index (κ3) is 6.65. The second kappa shape index (κ2) is 12.7. The maximum atomic E-state index is 12.5. The lowest BCUT2D eigenvalue weighted by atomic mass is 10.0. The first kappa shape index (κ1) is 27.3. The van der Waals surface area contributed by atoms with Crippen LogP contribution in [0.3, 0.4) is 0 Å². The smallest absolute Gasteiger partial charge is 0.254 e. The summed E-state index contributed by atoms with van der Waals surface area (Å²) < 4.78 is 5.43. The number of ether oxygens (including phenoxy) is 1. The molecule has 1 saturated heterocycles. The summed E-state index contributed by atoms with van der Waals surface area (Å²) in [6.07, 6.45) is 3.18. The number of piperazine rings is 1. The molecule has 0 spiro atoms. The number of hydrogen-bond acceptors (Lipinski definition) is 9. The minimum absolute atomic E-state index is 0.0445. The Morgan fingerprint density at radius 1 is 0.974 bits per heavy atom. The van der Waals surface area contributed by atoms with Crippen LogP contribution < -0.4 is 0 Å². The number of aliphatic imine (C=N–C) groups is 1. The summed E-state index contributed by atoms with van der Waals surface area (Å²) in [7, 11) is 0. The van der Waals surface area contributed by atoms with E-state index in [-0.39, 0.29) is 25.4 Å². The van der Waals surface area contributed by atoms with Crippen molar-refractivity contribution >= 4 is 40.9 Å². The molecule has 204 valence electrons. The van der Waals surface area contributed by atoms with Gasteiger partial charge in [0.05, 0.1) is 32.1 Å². The van der Waals surface area contributed by atoms with Gasteiger partial charge in [0.1, 0.15) is 5.84 Å². The molecule has 10 heteroatoms. The molecule has 0 saturated carbocycles. The van der Waals surface area contributed by atoms with Crippen LogP contribution in [-0.2, 0) is 25.5 Å². The number of amides is 2. The molecule has 2 aromatic rings. The number of nitrogens with zero attached hydrogens (tertiary/aromatic N) is 4. The number of aliphatic hydroxyl groups is 1. The molecule has 1 fully saturated rings. The number of carbonyl (C=O) groups is 3. The van der Waals surface area contributed by atoms with Crippen molar-refractivity contribution in [1.29, 1.82) is 0 Å². The molecule has 9 nitrogen and oxygen atoms in total. The van der Waals surface area contributed by atoms with E-state index in [1.165, 1.54) is 12.2 Å². The first-order valence-corrected chi connectivity index (χ1v) is 14.0. The van der Waals surface area contributed by atoms with Gasteiger partial charge in [-0.25, -0.2) is 4.99 Å². The Labute approximate surface area is 232 Å². The zero-order chi connectivity index (χ0) is 27.2. The lowest BCUT2D eigenvalue weighted by molar-refractivity contribution is -0.140. The van der Waals surface area contributed by atoms with E-state index in [1.54, 1.807) is 11.8 Å². The van der Waals surface area contributed by atoms with Gasteiger partial charge in [-0.3, -0.25) is 24.2 Å². The van der Waals surface area contributed by atoms with Gasteiger partial charge in [-0.2, -0.15) is 0 Å². The largest absolute Gasteiger partial charge is 0.394 e. The average molecular weight is 549 g/mol. The second-order valence-corrected chi connectivity index (χ2v) is 10.7. The molecule has 0 aromatic heterocycles. The van der Waals surface area contributed by atoms with Crippen LogP contribution in [0.4, 0.5) is 5.69 Å². The summed E-state index contributed by atoms with van der Waals surface area (Å²) >= 11 is 1.68. The van der Waals surface area contributed by atoms with Crippen molar-refractivity contribution in [1.82, 2.24) is 14.7 Å². The van der Waals surface area contributed by atoms with Gasteiger partial charge < -0.3 is 14.7 Å². The molecular weight excluding hydrogens is 516 g/mol. The Kier molecular flexibility index (Phi) is 8.88. The quantitative estimate of drug-likeness (QED) is 0.357. The number of Topliss-reactive ketones (excluding diaryl/α,β-unsaturated/α-hetero) is 1. The van der Waals surface area contributed by atoms with Crippen molar-refractivity contribution in [2.45, 2.75) is 22.6 Å². The maximum Gasteiger partial charge on any atom is 0.254 e. The van der Waals surface area contributed by atoms with Gasteiger partial charge in [-0.05, 0) is 36.2 Å². The summed E-state index contributed by atoms with van der Waals surface area (Å²) in [5.41, 5.74) is 3.04. The van der Waals surface area contributed by atoms with E-state index in [1.807, 2.05) is 24.3 Å². The number of benzene rings is 2. The van der Waals surface area contributed by atoms with Crippen LogP contribution in [0.1, 0.15) is 17.5 Å². The van der Waals surface area contributed by atoms with Crippen LogP contribution in [0.5, 0.6) is 0 Å². The molecule has 2 aromatic carbocycles. The Morgan fingerprint density at radius 2 is 1.74 bits per heavy atom. The number of imide groups is 1. The normalized spacial score (nSPS) is 17.2. The number of carbonyl (C=O) groups excluding carboxylic acids is 3. The first-order valence-electron chi connectivity index (χ1n) is 13.2. The molecule has 2 amide bonds. The fourth-order valence-electron chi connectivity index (χ4n) is 4.83. The monoisotopic (exact) mass is 548 g/mol. The highest BCUT2D eigenvalue weighted by molar-refractivity contribution is 7.99. The summed E-state index contributed by atoms with van der Waals surface area (Å²) in [4.78, 5) is 49.0. The lowest BCUT2D eigenvalue weighted by Gasteiger charge is -2.36. The van der Waals surface area contributed by atoms with Crippen molar-refractivity contribution in [3.05, 3.63) is 65.7 Å². The highest BCUT2D eigenvalue weighted by Crippen LogP contribution is 2.41. The third-order valence-electron chi connectivity index (χ3n) is 6.99. The van der Waals surface area contributed by atoms with E-state index in [0.717, 1.165) is 70.1 Å².